The monoisotopic (exact) mass is 269 g/mol. The molecule has 0 bridgehead atoms. The van der Waals surface area contributed by atoms with Crippen LogP contribution in [0.1, 0.15) is 19.4 Å². The number of carboxylic acids is 1. The summed E-state index contributed by atoms with van der Waals surface area (Å²) in [7, 11) is 3.27. The first-order chi connectivity index (χ1) is 8.78. The molecule has 0 atom stereocenters. The van der Waals surface area contributed by atoms with Gasteiger partial charge in [-0.2, -0.15) is 0 Å². The van der Waals surface area contributed by atoms with Gasteiger partial charge in [-0.05, 0) is 51.1 Å². The lowest BCUT2D eigenvalue weighted by Gasteiger charge is -2.31. The maximum atomic E-state index is 13.2. The van der Waals surface area contributed by atoms with Gasteiger partial charge in [0.1, 0.15) is 17.1 Å². The number of hydrogen-bond donors (Lipinski definition) is 1. The second-order valence-corrected chi connectivity index (χ2v) is 4.99. The van der Waals surface area contributed by atoms with Crippen molar-refractivity contribution in [1.82, 2.24) is 4.90 Å². The van der Waals surface area contributed by atoms with Gasteiger partial charge in [0.25, 0.3) is 0 Å². The van der Waals surface area contributed by atoms with Crippen LogP contribution >= 0.6 is 0 Å². The molecule has 1 aromatic carbocycles. The Morgan fingerprint density at radius 3 is 2.63 bits per heavy atom. The smallest absolute Gasteiger partial charge is 0.323 e. The third-order valence-corrected chi connectivity index (χ3v) is 3.44. The molecular weight excluding hydrogens is 249 g/mol. The molecule has 0 aromatic heterocycles. The average Bonchev–Trinajstić information content (AvgIpc) is 2.35. The summed E-state index contributed by atoms with van der Waals surface area (Å²) < 4.78 is 18.4. The van der Waals surface area contributed by atoms with Crippen molar-refractivity contribution in [3.05, 3.63) is 29.6 Å². The summed E-state index contributed by atoms with van der Waals surface area (Å²) in [5.41, 5.74) is -0.226. The Morgan fingerprint density at radius 1 is 1.47 bits per heavy atom. The number of methoxy groups -OCH3 is 1. The normalized spacial score (nSPS) is 11.7. The summed E-state index contributed by atoms with van der Waals surface area (Å²) in [6, 6.07) is 4.33. The first kappa shape index (κ1) is 15.4. The molecule has 0 aliphatic heterocycles. The minimum atomic E-state index is -0.958. The molecule has 0 unspecified atom stereocenters. The fourth-order valence-corrected chi connectivity index (χ4v) is 1.67. The number of ether oxygens (including phenoxy) is 1. The Balaban J connectivity index is 2.77. The van der Waals surface area contributed by atoms with Crippen LogP contribution in [0.25, 0.3) is 0 Å². The van der Waals surface area contributed by atoms with E-state index in [-0.39, 0.29) is 5.82 Å². The number of likely N-dealkylation sites (N-methyl/N-ethyl adjacent to an activating group) is 1. The number of carbonyl (C=O) groups is 1. The molecule has 19 heavy (non-hydrogen) atoms. The number of hydrogen-bond acceptors (Lipinski definition) is 3. The first-order valence-corrected chi connectivity index (χ1v) is 6.06. The lowest BCUT2D eigenvalue weighted by atomic mass is 10.0. The van der Waals surface area contributed by atoms with E-state index in [2.05, 4.69) is 0 Å². The van der Waals surface area contributed by atoms with Crippen molar-refractivity contribution in [3.63, 3.8) is 0 Å². The standard InChI is InChI=1S/C14H20FNO3/c1-14(2,13(17)18)16(3)8-7-10-9-11(15)5-6-12(10)19-4/h5-6,9H,7-8H2,1-4H3,(H,17,18). The largest absolute Gasteiger partial charge is 0.496 e. The van der Waals surface area contributed by atoms with Gasteiger partial charge in [0.05, 0.1) is 7.11 Å². The number of rotatable bonds is 6. The summed E-state index contributed by atoms with van der Waals surface area (Å²) >= 11 is 0. The van der Waals surface area contributed by atoms with Crippen molar-refractivity contribution in [2.45, 2.75) is 25.8 Å². The predicted molar refractivity (Wildman–Crippen MR) is 71.0 cm³/mol. The molecule has 0 amide bonds. The van der Waals surface area contributed by atoms with Gasteiger partial charge >= 0.3 is 5.97 Å². The number of aliphatic carboxylic acids is 1. The molecule has 0 saturated heterocycles. The van der Waals surface area contributed by atoms with Crippen molar-refractivity contribution in [2.24, 2.45) is 0 Å². The third kappa shape index (κ3) is 3.67. The van der Waals surface area contributed by atoms with Gasteiger partial charge in [-0.1, -0.05) is 0 Å². The van der Waals surface area contributed by atoms with Gasteiger partial charge in [0.2, 0.25) is 0 Å². The highest BCUT2D eigenvalue weighted by Gasteiger charge is 2.31. The van der Waals surface area contributed by atoms with Gasteiger partial charge < -0.3 is 9.84 Å². The van der Waals surface area contributed by atoms with Crippen LogP contribution in [0.5, 0.6) is 5.75 Å². The minimum Gasteiger partial charge on any atom is -0.496 e. The predicted octanol–water partition coefficient (Wildman–Crippen LogP) is 2.17. The molecule has 4 nitrogen and oxygen atoms in total. The van der Waals surface area contributed by atoms with Crippen molar-refractivity contribution < 1.29 is 19.0 Å². The Kier molecular flexibility index (Phi) is 4.89. The molecule has 5 heteroatoms. The van der Waals surface area contributed by atoms with E-state index in [9.17, 15) is 9.18 Å². The number of halogens is 1. The summed E-state index contributed by atoms with van der Waals surface area (Å²) in [6.45, 7) is 3.77. The Bertz CT molecular complexity index is 460. The van der Waals surface area contributed by atoms with E-state index in [1.54, 1.807) is 31.9 Å². The van der Waals surface area contributed by atoms with Crippen LogP contribution in [-0.2, 0) is 11.2 Å². The fraction of sp³-hybridized carbons (Fsp3) is 0.500. The van der Waals surface area contributed by atoms with Crippen molar-refractivity contribution in [1.29, 1.82) is 0 Å². The van der Waals surface area contributed by atoms with E-state index in [1.807, 2.05) is 0 Å². The second-order valence-electron chi connectivity index (χ2n) is 4.99. The minimum absolute atomic E-state index is 0.323. The van der Waals surface area contributed by atoms with Crippen molar-refractivity contribution in [2.75, 3.05) is 20.7 Å². The number of benzene rings is 1. The van der Waals surface area contributed by atoms with E-state index in [0.29, 0.717) is 18.7 Å². The van der Waals surface area contributed by atoms with Gasteiger partial charge in [-0.25, -0.2) is 4.39 Å². The molecule has 0 radical (unpaired) electrons. The summed E-state index contributed by atoms with van der Waals surface area (Å²) in [5, 5.41) is 9.13. The Labute approximate surface area is 112 Å². The van der Waals surface area contributed by atoms with E-state index >= 15 is 0 Å². The van der Waals surface area contributed by atoms with Gasteiger partial charge in [0.15, 0.2) is 0 Å². The topological polar surface area (TPSA) is 49.8 Å². The molecular formula is C14H20FNO3. The molecule has 0 aliphatic carbocycles. The van der Waals surface area contributed by atoms with E-state index < -0.39 is 11.5 Å². The highest BCUT2D eigenvalue weighted by atomic mass is 19.1. The summed E-state index contributed by atoms with van der Waals surface area (Å²) in [6.07, 6.45) is 0.522. The maximum Gasteiger partial charge on any atom is 0.323 e. The van der Waals surface area contributed by atoms with Gasteiger partial charge in [-0.3, -0.25) is 9.69 Å². The maximum absolute atomic E-state index is 13.2. The number of carboxylic acid groups (broad SMARTS) is 1. The van der Waals surface area contributed by atoms with Crippen LogP contribution < -0.4 is 4.74 Å². The van der Waals surface area contributed by atoms with Crippen LogP contribution in [0.3, 0.4) is 0 Å². The zero-order chi connectivity index (χ0) is 14.6. The Morgan fingerprint density at radius 2 is 2.11 bits per heavy atom. The lowest BCUT2D eigenvalue weighted by Crippen LogP contribution is -2.48. The first-order valence-electron chi connectivity index (χ1n) is 6.06. The fourth-order valence-electron chi connectivity index (χ4n) is 1.67. The van der Waals surface area contributed by atoms with E-state index in [0.717, 1.165) is 5.56 Å². The van der Waals surface area contributed by atoms with Crippen LogP contribution in [-0.4, -0.2) is 42.2 Å². The molecule has 0 aliphatic rings. The lowest BCUT2D eigenvalue weighted by molar-refractivity contribution is -0.148. The average molecular weight is 269 g/mol. The zero-order valence-electron chi connectivity index (χ0n) is 11.7. The van der Waals surface area contributed by atoms with E-state index in [1.165, 1.54) is 19.2 Å². The molecule has 0 saturated carbocycles. The summed E-state index contributed by atoms with van der Waals surface area (Å²) in [5.74, 6) is -0.597. The van der Waals surface area contributed by atoms with Crippen molar-refractivity contribution in [3.8, 4) is 5.75 Å². The highest BCUT2D eigenvalue weighted by molar-refractivity contribution is 5.77. The third-order valence-electron chi connectivity index (χ3n) is 3.44. The van der Waals surface area contributed by atoms with Gasteiger partial charge in [-0.15, -0.1) is 0 Å². The molecule has 106 valence electrons. The highest BCUT2D eigenvalue weighted by Crippen LogP contribution is 2.21. The SMILES string of the molecule is COc1ccc(F)cc1CCN(C)C(C)(C)C(=O)O. The van der Waals surface area contributed by atoms with Crippen LogP contribution in [0.2, 0.25) is 0 Å². The van der Waals surface area contributed by atoms with Crippen molar-refractivity contribution >= 4 is 5.97 Å². The van der Waals surface area contributed by atoms with Crippen LogP contribution in [0.4, 0.5) is 4.39 Å². The van der Waals surface area contributed by atoms with Crippen LogP contribution in [0.15, 0.2) is 18.2 Å². The zero-order valence-corrected chi connectivity index (χ0v) is 11.7. The molecule has 1 rings (SSSR count). The Hall–Kier alpha value is -1.62. The van der Waals surface area contributed by atoms with Gasteiger partial charge in [0, 0.05) is 6.54 Å². The molecule has 0 heterocycles. The quantitative estimate of drug-likeness (QED) is 0.860. The van der Waals surface area contributed by atoms with Crippen LogP contribution in [0, 0.1) is 5.82 Å². The molecule has 1 N–H and O–H groups in total. The summed E-state index contributed by atoms with van der Waals surface area (Å²) in [4.78, 5) is 12.8. The molecule has 0 fully saturated rings. The molecule has 0 spiro atoms. The second kappa shape index (κ2) is 6.02. The number of nitrogens with zero attached hydrogens (tertiary/aromatic N) is 1. The van der Waals surface area contributed by atoms with E-state index in [4.69, 9.17) is 9.84 Å². The molecule has 1 aromatic rings.